The minimum absolute atomic E-state index is 0.116. The summed E-state index contributed by atoms with van der Waals surface area (Å²) in [6.45, 7) is 3.57. The van der Waals surface area contributed by atoms with E-state index in [1.165, 1.54) is 5.69 Å². The summed E-state index contributed by atoms with van der Waals surface area (Å²) in [5.74, 6) is 0. The third-order valence-electron chi connectivity index (χ3n) is 3.27. The number of anilines is 1. The number of para-hydroxylation sites is 1. The second kappa shape index (κ2) is 5.76. The van der Waals surface area contributed by atoms with Gasteiger partial charge < -0.3 is 14.7 Å². The predicted octanol–water partition coefficient (Wildman–Crippen LogP) is 1.88. The number of rotatable bonds is 1. The molecule has 0 N–H and O–H groups in total. The maximum Gasteiger partial charge on any atom is 0.319 e. The quantitative estimate of drug-likeness (QED) is 0.757. The van der Waals surface area contributed by atoms with E-state index in [0.29, 0.717) is 0 Å². The molecule has 1 saturated heterocycles. The van der Waals surface area contributed by atoms with Crippen molar-refractivity contribution in [3.05, 3.63) is 30.3 Å². The number of amides is 2. The molecule has 0 aliphatic carbocycles. The van der Waals surface area contributed by atoms with Crippen LogP contribution in [0, 0.1) is 0 Å². The van der Waals surface area contributed by atoms with E-state index in [1.54, 1.807) is 4.90 Å². The molecule has 0 radical (unpaired) electrons. The first kappa shape index (κ1) is 12.7. The molecule has 1 aromatic carbocycles. The van der Waals surface area contributed by atoms with Gasteiger partial charge in [-0.3, -0.25) is 0 Å². The lowest BCUT2D eigenvalue weighted by Gasteiger charge is -2.25. The highest BCUT2D eigenvalue weighted by Crippen LogP contribution is 2.16. The first-order chi connectivity index (χ1) is 8.68. The fourth-order valence-corrected chi connectivity index (χ4v) is 2.29. The standard InChI is InChI=1S/C14H21N3O/c1-15(2)14(18)17-10-6-9-16(11-12-17)13-7-4-3-5-8-13/h3-5,7-8H,6,9-12H2,1-2H3. The van der Waals surface area contributed by atoms with Gasteiger partial charge in [0.1, 0.15) is 0 Å². The lowest BCUT2D eigenvalue weighted by atomic mass is 10.3. The lowest BCUT2D eigenvalue weighted by Crippen LogP contribution is -2.41. The molecule has 1 aliphatic rings. The van der Waals surface area contributed by atoms with Gasteiger partial charge in [-0.1, -0.05) is 18.2 Å². The SMILES string of the molecule is CN(C)C(=O)N1CCCN(c2ccccc2)CC1. The Hall–Kier alpha value is -1.71. The van der Waals surface area contributed by atoms with E-state index in [0.717, 1.165) is 32.6 Å². The number of carbonyl (C=O) groups excluding carboxylic acids is 1. The molecule has 0 spiro atoms. The van der Waals surface area contributed by atoms with Gasteiger partial charge in [-0.25, -0.2) is 4.79 Å². The largest absolute Gasteiger partial charge is 0.370 e. The molecule has 18 heavy (non-hydrogen) atoms. The summed E-state index contributed by atoms with van der Waals surface area (Å²) >= 11 is 0. The molecule has 0 bridgehead atoms. The van der Waals surface area contributed by atoms with Gasteiger partial charge in [0.2, 0.25) is 0 Å². The number of urea groups is 1. The van der Waals surface area contributed by atoms with Crippen molar-refractivity contribution in [3.8, 4) is 0 Å². The zero-order chi connectivity index (χ0) is 13.0. The minimum atomic E-state index is 0.116. The maximum absolute atomic E-state index is 11.9. The molecule has 0 aromatic heterocycles. The molecule has 2 rings (SSSR count). The van der Waals surface area contributed by atoms with Crippen LogP contribution in [0.25, 0.3) is 0 Å². The summed E-state index contributed by atoms with van der Waals surface area (Å²) in [5.41, 5.74) is 1.25. The van der Waals surface area contributed by atoms with Crippen LogP contribution in [-0.4, -0.2) is 56.1 Å². The van der Waals surface area contributed by atoms with Gasteiger partial charge in [0.05, 0.1) is 0 Å². The summed E-state index contributed by atoms with van der Waals surface area (Å²) in [5, 5.41) is 0. The zero-order valence-corrected chi connectivity index (χ0v) is 11.2. The number of nitrogens with zero attached hydrogens (tertiary/aromatic N) is 3. The summed E-state index contributed by atoms with van der Waals surface area (Å²) in [4.78, 5) is 17.9. The van der Waals surface area contributed by atoms with Crippen LogP contribution in [0.3, 0.4) is 0 Å². The van der Waals surface area contributed by atoms with Crippen LogP contribution in [0.15, 0.2) is 30.3 Å². The lowest BCUT2D eigenvalue weighted by molar-refractivity contribution is 0.174. The molecule has 1 aliphatic heterocycles. The molecule has 0 atom stereocenters. The van der Waals surface area contributed by atoms with Crippen molar-refractivity contribution < 1.29 is 4.79 Å². The second-order valence-corrected chi connectivity index (χ2v) is 4.84. The van der Waals surface area contributed by atoms with Crippen LogP contribution in [0.4, 0.5) is 10.5 Å². The fourth-order valence-electron chi connectivity index (χ4n) is 2.29. The molecule has 4 heteroatoms. The van der Waals surface area contributed by atoms with E-state index < -0.39 is 0 Å². The fraction of sp³-hybridized carbons (Fsp3) is 0.500. The van der Waals surface area contributed by atoms with E-state index in [-0.39, 0.29) is 6.03 Å². The van der Waals surface area contributed by atoms with Crippen molar-refractivity contribution in [2.75, 3.05) is 45.2 Å². The van der Waals surface area contributed by atoms with Gasteiger partial charge >= 0.3 is 6.03 Å². The molecule has 4 nitrogen and oxygen atoms in total. The average molecular weight is 247 g/mol. The highest BCUT2D eigenvalue weighted by Gasteiger charge is 2.20. The molecule has 1 fully saturated rings. The molecule has 98 valence electrons. The van der Waals surface area contributed by atoms with E-state index >= 15 is 0 Å². The van der Waals surface area contributed by atoms with E-state index in [2.05, 4.69) is 29.2 Å². The van der Waals surface area contributed by atoms with Crippen molar-refractivity contribution in [2.45, 2.75) is 6.42 Å². The van der Waals surface area contributed by atoms with Crippen molar-refractivity contribution >= 4 is 11.7 Å². The number of carbonyl (C=O) groups is 1. The highest BCUT2D eigenvalue weighted by molar-refractivity contribution is 5.74. The van der Waals surface area contributed by atoms with Crippen LogP contribution in [-0.2, 0) is 0 Å². The molecule has 0 saturated carbocycles. The smallest absolute Gasteiger partial charge is 0.319 e. The first-order valence-electron chi connectivity index (χ1n) is 6.44. The molecular formula is C14H21N3O. The Bertz CT molecular complexity index is 391. The van der Waals surface area contributed by atoms with E-state index in [1.807, 2.05) is 25.1 Å². The van der Waals surface area contributed by atoms with Crippen molar-refractivity contribution in [2.24, 2.45) is 0 Å². The van der Waals surface area contributed by atoms with Gasteiger partial charge in [-0.05, 0) is 18.6 Å². The Kier molecular flexibility index (Phi) is 4.07. The van der Waals surface area contributed by atoms with Crippen molar-refractivity contribution in [1.29, 1.82) is 0 Å². The topological polar surface area (TPSA) is 26.8 Å². The molecule has 0 unspecified atom stereocenters. The maximum atomic E-state index is 11.9. The van der Waals surface area contributed by atoms with Crippen LogP contribution >= 0.6 is 0 Å². The van der Waals surface area contributed by atoms with E-state index in [9.17, 15) is 4.79 Å². The number of hydrogen-bond acceptors (Lipinski definition) is 2. The normalized spacial score (nSPS) is 16.3. The Morgan fingerprint density at radius 3 is 2.44 bits per heavy atom. The first-order valence-corrected chi connectivity index (χ1v) is 6.44. The summed E-state index contributed by atoms with van der Waals surface area (Å²) in [6, 6.07) is 10.5. The Balaban J connectivity index is 1.99. The van der Waals surface area contributed by atoms with Gasteiger partial charge in [0, 0.05) is 46.0 Å². The molecular weight excluding hydrogens is 226 g/mol. The second-order valence-electron chi connectivity index (χ2n) is 4.84. The minimum Gasteiger partial charge on any atom is -0.370 e. The van der Waals surface area contributed by atoms with Crippen LogP contribution in [0.5, 0.6) is 0 Å². The van der Waals surface area contributed by atoms with Crippen molar-refractivity contribution in [3.63, 3.8) is 0 Å². The Morgan fingerprint density at radius 1 is 1.06 bits per heavy atom. The summed E-state index contributed by atoms with van der Waals surface area (Å²) < 4.78 is 0. The van der Waals surface area contributed by atoms with Crippen LogP contribution in [0.1, 0.15) is 6.42 Å². The average Bonchev–Trinajstić information content (AvgIpc) is 2.64. The van der Waals surface area contributed by atoms with Gasteiger partial charge in [-0.2, -0.15) is 0 Å². The monoisotopic (exact) mass is 247 g/mol. The number of benzene rings is 1. The summed E-state index contributed by atoms with van der Waals surface area (Å²) in [7, 11) is 3.62. The third kappa shape index (κ3) is 2.94. The van der Waals surface area contributed by atoms with Crippen molar-refractivity contribution in [1.82, 2.24) is 9.80 Å². The highest BCUT2D eigenvalue weighted by atomic mass is 16.2. The van der Waals surface area contributed by atoms with Gasteiger partial charge in [0.25, 0.3) is 0 Å². The predicted molar refractivity (Wildman–Crippen MR) is 73.9 cm³/mol. The molecule has 1 aromatic rings. The number of hydrogen-bond donors (Lipinski definition) is 0. The molecule has 1 heterocycles. The summed E-state index contributed by atoms with van der Waals surface area (Å²) in [6.07, 6.45) is 1.02. The molecule has 2 amide bonds. The Labute approximate surface area is 109 Å². The van der Waals surface area contributed by atoms with Gasteiger partial charge in [-0.15, -0.1) is 0 Å². The Morgan fingerprint density at radius 2 is 1.78 bits per heavy atom. The van der Waals surface area contributed by atoms with E-state index in [4.69, 9.17) is 0 Å². The zero-order valence-electron chi connectivity index (χ0n) is 11.2. The van der Waals surface area contributed by atoms with Gasteiger partial charge in [0.15, 0.2) is 0 Å². The van der Waals surface area contributed by atoms with Crippen LogP contribution in [0.2, 0.25) is 0 Å². The van der Waals surface area contributed by atoms with Crippen LogP contribution < -0.4 is 4.90 Å². The third-order valence-corrected chi connectivity index (χ3v) is 3.27.